The zero-order valence-electron chi connectivity index (χ0n) is 12.5. The highest BCUT2D eigenvalue weighted by Gasteiger charge is 2.21. The highest BCUT2D eigenvalue weighted by Crippen LogP contribution is 2.29. The number of carbonyl (C=O) groups excluding carboxylic acids is 1. The molecule has 1 aliphatic rings. The van der Waals surface area contributed by atoms with Gasteiger partial charge in [0.05, 0.1) is 11.4 Å². The standard InChI is InChI=1S/C16H18N4O/c1-9-16(10(2)20(3)19-9)11-4-5-12-13(6-11)14(7-17)18-8-15(12)21/h4-6H,7-8,17H2,1-3H3. The van der Waals surface area contributed by atoms with Gasteiger partial charge < -0.3 is 5.73 Å². The maximum Gasteiger partial charge on any atom is 0.184 e. The monoisotopic (exact) mass is 282 g/mol. The van der Waals surface area contributed by atoms with Crippen molar-refractivity contribution in [2.75, 3.05) is 13.1 Å². The van der Waals surface area contributed by atoms with Crippen molar-refractivity contribution in [2.45, 2.75) is 13.8 Å². The summed E-state index contributed by atoms with van der Waals surface area (Å²) < 4.78 is 1.87. The number of benzene rings is 1. The van der Waals surface area contributed by atoms with Crippen molar-refractivity contribution >= 4 is 11.5 Å². The van der Waals surface area contributed by atoms with Crippen LogP contribution in [0.4, 0.5) is 0 Å². The van der Waals surface area contributed by atoms with Crippen molar-refractivity contribution in [3.63, 3.8) is 0 Å². The zero-order valence-corrected chi connectivity index (χ0v) is 12.5. The molecule has 0 bridgehead atoms. The fourth-order valence-electron chi connectivity index (χ4n) is 2.89. The Morgan fingerprint density at radius 2 is 2.05 bits per heavy atom. The largest absolute Gasteiger partial charge is 0.325 e. The highest BCUT2D eigenvalue weighted by molar-refractivity contribution is 6.16. The number of hydrogen-bond donors (Lipinski definition) is 1. The van der Waals surface area contributed by atoms with E-state index in [0.29, 0.717) is 12.1 Å². The minimum atomic E-state index is 0.0494. The van der Waals surface area contributed by atoms with Gasteiger partial charge in [-0.3, -0.25) is 14.5 Å². The van der Waals surface area contributed by atoms with Gasteiger partial charge in [0, 0.05) is 36.0 Å². The fraction of sp³-hybridized carbons (Fsp3) is 0.312. The Bertz CT molecular complexity index is 771. The van der Waals surface area contributed by atoms with Crippen molar-refractivity contribution < 1.29 is 4.79 Å². The quantitative estimate of drug-likeness (QED) is 0.910. The SMILES string of the molecule is Cc1nn(C)c(C)c1-c1ccc2c(c1)C(CN)=NCC2=O. The Morgan fingerprint density at radius 1 is 1.29 bits per heavy atom. The number of hydrogen-bond acceptors (Lipinski definition) is 4. The number of aromatic nitrogens is 2. The molecule has 0 saturated heterocycles. The van der Waals surface area contributed by atoms with Crippen LogP contribution in [0.5, 0.6) is 0 Å². The molecule has 2 aromatic rings. The second kappa shape index (κ2) is 4.93. The first-order chi connectivity index (χ1) is 10.0. The van der Waals surface area contributed by atoms with Crippen molar-refractivity contribution in [3.05, 3.63) is 40.7 Å². The average molecular weight is 282 g/mol. The zero-order chi connectivity index (χ0) is 15.1. The van der Waals surface area contributed by atoms with E-state index in [1.165, 1.54) is 0 Å². The minimum Gasteiger partial charge on any atom is -0.325 e. The Balaban J connectivity index is 2.20. The number of Topliss-reactive ketones (excluding diaryl/α,β-unsaturated/α-hetero) is 1. The van der Waals surface area contributed by atoms with E-state index in [9.17, 15) is 4.79 Å². The summed E-state index contributed by atoms with van der Waals surface area (Å²) in [5.41, 5.74) is 12.4. The van der Waals surface area contributed by atoms with Crippen LogP contribution in [-0.2, 0) is 7.05 Å². The van der Waals surface area contributed by atoms with Gasteiger partial charge in [0.1, 0.15) is 6.54 Å². The summed E-state index contributed by atoms with van der Waals surface area (Å²) in [5.74, 6) is 0.0494. The number of carbonyl (C=O) groups is 1. The van der Waals surface area contributed by atoms with E-state index < -0.39 is 0 Å². The number of nitrogens with zero attached hydrogens (tertiary/aromatic N) is 3. The van der Waals surface area contributed by atoms with Crippen LogP contribution >= 0.6 is 0 Å². The summed E-state index contributed by atoms with van der Waals surface area (Å²) in [6, 6.07) is 5.87. The first kappa shape index (κ1) is 13.7. The minimum absolute atomic E-state index is 0.0494. The molecule has 1 aliphatic heterocycles. The summed E-state index contributed by atoms with van der Waals surface area (Å²) in [5, 5.41) is 4.45. The third-order valence-electron chi connectivity index (χ3n) is 4.04. The molecule has 0 aliphatic carbocycles. The molecule has 5 nitrogen and oxygen atoms in total. The third-order valence-corrected chi connectivity index (χ3v) is 4.04. The van der Waals surface area contributed by atoms with Gasteiger partial charge in [-0.15, -0.1) is 0 Å². The molecule has 0 saturated carbocycles. The van der Waals surface area contributed by atoms with Crippen molar-refractivity contribution in [2.24, 2.45) is 17.8 Å². The highest BCUT2D eigenvalue weighted by atomic mass is 16.1. The summed E-state index contributed by atoms with van der Waals surface area (Å²) in [6.07, 6.45) is 0. The normalized spacial score (nSPS) is 14.1. The average Bonchev–Trinajstić information content (AvgIpc) is 2.72. The lowest BCUT2D eigenvalue weighted by atomic mass is 9.92. The van der Waals surface area contributed by atoms with Crippen LogP contribution in [0.1, 0.15) is 27.3 Å². The van der Waals surface area contributed by atoms with Gasteiger partial charge in [0.15, 0.2) is 5.78 Å². The van der Waals surface area contributed by atoms with E-state index in [0.717, 1.165) is 33.8 Å². The van der Waals surface area contributed by atoms with Gasteiger partial charge in [-0.2, -0.15) is 5.10 Å². The maximum absolute atomic E-state index is 12.0. The molecule has 0 atom stereocenters. The topological polar surface area (TPSA) is 73.3 Å². The Kier molecular flexibility index (Phi) is 3.22. The molecular weight excluding hydrogens is 264 g/mol. The molecule has 2 heterocycles. The van der Waals surface area contributed by atoms with Crippen LogP contribution in [-0.4, -0.2) is 34.4 Å². The molecule has 108 valence electrons. The van der Waals surface area contributed by atoms with Gasteiger partial charge >= 0.3 is 0 Å². The summed E-state index contributed by atoms with van der Waals surface area (Å²) >= 11 is 0. The van der Waals surface area contributed by atoms with Crippen LogP contribution in [0.3, 0.4) is 0 Å². The molecule has 0 radical (unpaired) electrons. The summed E-state index contributed by atoms with van der Waals surface area (Å²) in [4.78, 5) is 16.2. The van der Waals surface area contributed by atoms with Gasteiger partial charge in [-0.05, 0) is 25.5 Å². The molecule has 0 amide bonds. The van der Waals surface area contributed by atoms with Gasteiger partial charge in [-0.1, -0.05) is 12.1 Å². The number of aliphatic imine (C=N–C) groups is 1. The maximum atomic E-state index is 12.0. The molecule has 0 fully saturated rings. The lowest BCUT2D eigenvalue weighted by Crippen LogP contribution is -2.24. The Labute approximate surface area is 123 Å². The molecule has 0 spiro atoms. The van der Waals surface area contributed by atoms with Gasteiger partial charge in [0.25, 0.3) is 0 Å². The molecular formula is C16H18N4O. The molecule has 2 N–H and O–H groups in total. The van der Waals surface area contributed by atoms with Crippen molar-refractivity contribution in [1.29, 1.82) is 0 Å². The number of aryl methyl sites for hydroxylation is 2. The molecule has 5 heteroatoms. The number of nitrogens with two attached hydrogens (primary N) is 1. The van der Waals surface area contributed by atoms with E-state index in [2.05, 4.69) is 10.1 Å². The summed E-state index contributed by atoms with van der Waals surface area (Å²) in [7, 11) is 1.93. The second-order valence-electron chi connectivity index (χ2n) is 5.32. The van der Waals surface area contributed by atoms with Crippen LogP contribution in [0.15, 0.2) is 23.2 Å². The fourth-order valence-corrected chi connectivity index (χ4v) is 2.89. The predicted octanol–water partition coefficient (Wildman–Crippen LogP) is 1.65. The van der Waals surface area contributed by atoms with Crippen LogP contribution < -0.4 is 5.73 Å². The molecule has 3 rings (SSSR count). The lowest BCUT2D eigenvalue weighted by Gasteiger charge is -2.16. The number of ketones is 1. The first-order valence-corrected chi connectivity index (χ1v) is 6.94. The van der Waals surface area contributed by atoms with E-state index >= 15 is 0 Å². The third kappa shape index (κ3) is 2.10. The number of fused-ring (bicyclic) bond motifs is 1. The van der Waals surface area contributed by atoms with E-state index in [-0.39, 0.29) is 12.3 Å². The lowest BCUT2D eigenvalue weighted by molar-refractivity contribution is 0.1000. The van der Waals surface area contributed by atoms with Crippen molar-refractivity contribution in [1.82, 2.24) is 9.78 Å². The Hall–Kier alpha value is -2.27. The van der Waals surface area contributed by atoms with Crippen LogP contribution in [0.25, 0.3) is 11.1 Å². The molecule has 1 aromatic carbocycles. The molecule has 21 heavy (non-hydrogen) atoms. The van der Waals surface area contributed by atoms with E-state index in [1.54, 1.807) is 0 Å². The first-order valence-electron chi connectivity index (χ1n) is 6.94. The van der Waals surface area contributed by atoms with E-state index in [4.69, 9.17) is 5.73 Å². The van der Waals surface area contributed by atoms with Crippen molar-refractivity contribution in [3.8, 4) is 11.1 Å². The van der Waals surface area contributed by atoms with Gasteiger partial charge in [-0.25, -0.2) is 0 Å². The van der Waals surface area contributed by atoms with Gasteiger partial charge in [0.2, 0.25) is 0 Å². The smallest absolute Gasteiger partial charge is 0.184 e. The Morgan fingerprint density at radius 3 is 2.67 bits per heavy atom. The second-order valence-corrected chi connectivity index (χ2v) is 5.32. The van der Waals surface area contributed by atoms with Crippen LogP contribution in [0.2, 0.25) is 0 Å². The molecule has 1 aromatic heterocycles. The number of rotatable bonds is 2. The van der Waals surface area contributed by atoms with Crippen LogP contribution in [0, 0.1) is 13.8 Å². The van der Waals surface area contributed by atoms with E-state index in [1.807, 2.05) is 43.8 Å². The predicted molar refractivity (Wildman–Crippen MR) is 82.9 cm³/mol. The molecule has 0 unspecified atom stereocenters. The summed E-state index contributed by atoms with van der Waals surface area (Å²) in [6.45, 7) is 4.57.